The largest absolute Gasteiger partial charge is 0.497 e. The molecule has 2 aliphatic heterocycles. The molecule has 58 heavy (non-hydrogen) atoms. The number of fused-ring (bicyclic) bond motifs is 3. The summed E-state index contributed by atoms with van der Waals surface area (Å²) in [7, 11) is 1.39. The SMILES string of the molecule is CC[C@@H]1C[C@H](C)CC/C=C\[C@@H]2C[C@@]2(C(=O)NS(=O)(=O)C2(C)CC2)NC(=O)[C@@H]2C[C@@H](Oc3ncc(N(C)C)c4cc(OC)ccc34)CN2C(=O)[C@H]1NC(=O)OC(C)(C)C. The molecule has 318 valence electrons. The fourth-order valence-electron chi connectivity index (χ4n) is 8.17. The second-order valence-electron chi connectivity index (χ2n) is 18.0. The Morgan fingerprint density at radius 3 is 2.48 bits per heavy atom. The predicted octanol–water partition coefficient (Wildman–Crippen LogP) is 4.83. The Bertz CT molecular complexity index is 2060. The van der Waals surface area contributed by atoms with E-state index in [1.165, 1.54) is 4.90 Å². The smallest absolute Gasteiger partial charge is 0.408 e. The van der Waals surface area contributed by atoms with Gasteiger partial charge in [0.15, 0.2) is 0 Å². The molecule has 0 spiro atoms. The van der Waals surface area contributed by atoms with Gasteiger partial charge < -0.3 is 34.6 Å². The summed E-state index contributed by atoms with van der Waals surface area (Å²) in [5.41, 5.74) is -1.53. The molecule has 0 radical (unpaired) electrons. The van der Waals surface area contributed by atoms with E-state index in [1.807, 2.05) is 50.2 Å². The molecule has 15 nitrogen and oxygen atoms in total. The number of nitrogens with one attached hydrogen (secondary N) is 3. The molecule has 3 fully saturated rings. The van der Waals surface area contributed by atoms with Crippen molar-refractivity contribution in [1.82, 2.24) is 25.2 Å². The zero-order chi connectivity index (χ0) is 42.4. The number of sulfonamides is 1. The number of anilines is 1. The lowest BCUT2D eigenvalue weighted by Gasteiger charge is -2.34. The van der Waals surface area contributed by atoms with Gasteiger partial charge in [0.2, 0.25) is 27.7 Å². The van der Waals surface area contributed by atoms with E-state index in [4.69, 9.17) is 14.2 Å². The number of benzene rings is 1. The van der Waals surface area contributed by atoms with Crippen LogP contribution in [0.25, 0.3) is 10.8 Å². The summed E-state index contributed by atoms with van der Waals surface area (Å²) in [6.07, 6.45) is 7.80. The standard InChI is InChI=1S/C42H60N6O9S/c1-10-26-19-25(2)13-11-12-14-27-22-42(27,38(51)46-58(53,54)41(6)17-18-41)45-35(49)32-21-29(24-48(32)37(50)34(26)44-39(52)57-40(3,4)5)56-36-30-16-15-28(55-9)20-31(30)33(23-43-36)47(7)8/h12,14-16,20,23,25-27,29,32,34H,10-11,13,17-19,21-22,24H2,1-9H3,(H,44,52)(H,45,49)(H,46,51)/b14-12-/t25-,26-,27-,29-,32+,34+,42-/m1/s1. The average molecular weight is 825 g/mol. The van der Waals surface area contributed by atoms with Gasteiger partial charge in [-0.05, 0) is 96.3 Å². The van der Waals surface area contributed by atoms with Crippen molar-refractivity contribution in [1.29, 1.82) is 0 Å². The molecule has 2 aromatic rings. The molecule has 3 heterocycles. The summed E-state index contributed by atoms with van der Waals surface area (Å²) >= 11 is 0. The number of hydrogen-bond donors (Lipinski definition) is 3. The number of hydrogen-bond acceptors (Lipinski definition) is 11. The van der Waals surface area contributed by atoms with Crippen LogP contribution in [0.1, 0.15) is 92.9 Å². The topological polar surface area (TPSA) is 186 Å². The van der Waals surface area contributed by atoms with Crippen molar-refractivity contribution in [3.8, 4) is 11.6 Å². The fourth-order valence-corrected chi connectivity index (χ4v) is 9.48. The maximum Gasteiger partial charge on any atom is 0.408 e. The molecule has 1 saturated heterocycles. The van der Waals surface area contributed by atoms with Crippen LogP contribution in [0.2, 0.25) is 0 Å². The summed E-state index contributed by atoms with van der Waals surface area (Å²) in [5, 5.41) is 7.33. The van der Waals surface area contributed by atoms with Crippen molar-refractivity contribution in [2.45, 2.75) is 127 Å². The molecule has 1 aromatic heterocycles. The van der Waals surface area contributed by atoms with Crippen LogP contribution in [0.5, 0.6) is 11.6 Å². The van der Waals surface area contributed by atoms with Crippen molar-refractivity contribution in [3.63, 3.8) is 0 Å². The molecule has 7 atom stereocenters. The van der Waals surface area contributed by atoms with Crippen LogP contribution in [-0.2, 0) is 29.1 Å². The number of ether oxygens (including phenoxy) is 3. The van der Waals surface area contributed by atoms with Crippen molar-refractivity contribution in [3.05, 3.63) is 36.5 Å². The van der Waals surface area contributed by atoms with Gasteiger partial charge in [0, 0.05) is 37.2 Å². The quantitative estimate of drug-likeness (QED) is 0.295. The van der Waals surface area contributed by atoms with E-state index in [1.54, 1.807) is 47.1 Å². The first-order valence-electron chi connectivity index (χ1n) is 20.4. The number of aromatic nitrogens is 1. The number of carbonyl (C=O) groups is 4. The normalized spacial score (nSPS) is 29.1. The van der Waals surface area contributed by atoms with Gasteiger partial charge >= 0.3 is 6.09 Å². The highest BCUT2D eigenvalue weighted by Crippen LogP contribution is 2.48. The zero-order valence-corrected chi connectivity index (χ0v) is 36.0. The Labute approximate surface area is 342 Å². The average Bonchev–Trinajstić information content (AvgIpc) is 4.03. The van der Waals surface area contributed by atoms with Gasteiger partial charge in [-0.25, -0.2) is 18.2 Å². The van der Waals surface area contributed by atoms with Crippen LogP contribution in [-0.4, -0.2) is 104 Å². The number of amides is 4. The highest BCUT2D eigenvalue weighted by atomic mass is 32.2. The highest BCUT2D eigenvalue weighted by Gasteiger charge is 2.63. The van der Waals surface area contributed by atoms with E-state index in [0.717, 1.165) is 17.5 Å². The third-order valence-corrected chi connectivity index (χ3v) is 14.2. The van der Waals surface area contributed by atoms with E-state index in [-0.39, 0.29) is 31.2 Å². The first kappa shape index (κ1) is 43.0. The number of carbonyl (C=O) groups excluding carboxylic acids is 4. The van der Waals surface area contributed by atoms with Crippen molar-refractivity contribution in [2.24, 2.45) is 17.8 Å². The van der Waals surface area contributed by atoms with E-state index >= 15 is 4.79 Å². The summed E-state index contributed by atoms with van der Waals surface area (Å²) in [5.74, 6) is -1.56. The molecular weight excluding hydrogens is 765 g/mol. The van der Waals surface area contributed by atoms with Gasteiger partial charge in [0.05, 0.1) is 30.3 Å². The minimum atomic E-state index is -4.01. The highest BCUT2D eigenvalue weighted by molar-refractivity contribution is 7.91. The second kappa shape index (κ2) is 16.2. The van der Waals surface area contributed by atoms with Gasteiger partial charge in [-0.2, -0.15) is 0 Å². The van der Waals surface area contributed by atoms with Gasteiger partial charge in [-0.15, -0.1) is 0 Å². The number of nitrogens with zero attached hydrogens (tertiary/aromatic N) is 3. The van der Waals surface area contributed by atoms with E-state index in [2.05, 4.69) is 27.3 Å². The van der Waals surface area contributed by atoms with Gasteiger partial charge in [-0.1, -0.05) is 32.4 Å². The molecule has 2 saturated carbocycles. The fraction of sp³-hybridized carbons (Fsp3) is 0.643. The first-order valence-corrected chi connectivity index (χ1v) is 21.9. The Morgan fingerprint density at radius 2 is 1.84 bits per heavy atom. The Hall–Kier alpha value is -4.60. The first-order chi connectivity index (χ1) is 27.2. The Morgan fingerprint density at radius 1 is 1.12 bits per heavy atom. The summed E-state index contributed by atoms with van der Waals surface area (Å²) in [6.45, 7) is 10.9. The molecule has 4 aliphatic rings. The van der Waals surface area contributed by atoms with Crippen LogP contribution in [0, 0.1) is 17.8 Å². The van der Waals surface area contributed by atoms with Crippen LogP contribution in [0.3, 0.4) is 0 Å². The van der Waals surface area contributed by atoms with Crippen molar-refractivity contribution in [2.75, 3.05) is 32.6 Å². The number of methoxy groups -OCH3 is 1. The van der Waals surface area contributed by atoms with E-state index < -0.39 is 73.8 Å². The van der Waals surface area contributed by atoms with Crippen molar-refractivity contribution >= 4 is 50.3 Å². The molecule has 2 aliphatic carbocycles. The van der Waals surface area contributed by atoms with Crippen LogP contribution in [0.4, 0.5) is 10.5 Å². The Balaban J connectivity index is 1.38. The summed E-state index contributed by atoms with van der Waals surface area (Å²) < 4.78 is 45.5. The number of rotatable bonds is 9. The van der Waals surface area contributed by atoms with Crippen LogP contribution < -0.4 is 29.7 Å². The molecule has 1 aromatic carbocycles. The number of pyridine rings is 1. The zero-order valence-electron chi connectivity index (χ0n) is 35.2. The maximum atomic E-state index is 15.0. The second-order valence-corrected chi connectivity index (χ2v) is 20.2. The lowest BCUT2D eigenvalue weighted by Crippen LogP contribution is -2.59. The lowest BCUT2D eigenvalue weighted by molar-refractivity contribution is -0.142. The molecule has 16 heteroatoms. The molecule has 4 amide bonds. The monoisotopic (exact) mass is 824 g/mol. The van der Waals surface area contributed by atoms with Crippen LogP contribution in [0.15, 0.2) is 36.5 Å². The molecule has 3 N–H and O–H groups in total. The van der Waals surface area contributed by atoms with Gasteiger partial charge in [0.25, 0.3) is 5.91 Å². The minimum absolute atomic E-state index is 0.0283. The molecular formula is C42H60N6O9S. The van der Waals surface area contributed by atoms with E-state index in [0.29, 0.717) is 49.1 Å². The third-order valence-electron chi connectivity index (χ3n) is 12.1. The Kier molecular flexibility index (Phi) is 12.0. The third kappa shape index (κ3) is 9.01. The van der Waals surface area contributed by atoms with Gasteiger partial charge in [-0.3, -0.25) is 19.1 Å². The van der Waals surface area contributed by atoms with E-state index in [9.17, 15) is 22.8 Å². The van der Waals surface area contributed by atoms with Crippen LogP contribution >= 0.6 is 0 Å². The number of alkyl carbamates (subject to hydrolysis) is 1. The molecule has 6 rings (SSSR count). The summed E-state index contributed by atoms with van der Waals surface area (Å²) in [4.78, 5) is 65.0. The number of allylic oxidation sites excluding steroid dienone is 1. The molecule has 0 bridgehead atoms. The summed E-state index contributed by atoms with van der Waals surface area (Å²) in [6, 6.07) is 3.36. The predicted molar refractivity (Wildman–Crippen MR) is 220 cm³/mol. The molecule has 0 unspecified atom stereocenters. The van der Waals surface area contributed by atoms with Gasteiger partial charge in [0.1, 0.15) is 35.1 Å². The maximum absolute atomic E-state index is 15.0. The minimum Gasteiger partial charge on any atom is -0.497 e. The lowest BCUT2D eigenvalue weighted by atomic mass is 9.85. The van der Waals surface area contributed by atoms with Crippen molar-refractivity contribution < 1.29 is 41.8 Å².